The van der Waals surface area contributed by atoms with Gasteiger partial charge in [-0.2, -0.15) is 5.26 Å². The number of rotatable bonds is 0. The van der Waals surface area contributed by atoms with Gasteiger partial charge in [0.05, 0.1) is 10.9 Å². The molecule has 0 bridgehead atoms. The van der Waals surface area contributed by atoms with Crippen LogP contribution in [-0.4, -0.2) is 11.4 Å². The van der Waals surface area contributed by atoms with E-state index in [-0.39, 0.29) is 12.4 Å². The van der Waals surface area contributed by atoms with Crippen LogP contribution in [0.3, 0.4) is 0 Å². The fraction of sp³-hybridized carbons (Fsp3) is 0.333. The summed E-state index contributed by atoms with van der Waals surface area (Å²) in [5, 5.41) is 10.7. The van der Waals surface area contributed by atoms with Gasteiger partial charge >= 0.3 is 0 Å². The van der Waals surface area contributed by atoms with Crippen LogP contribution in [0.1, 0.15) is 24.1 Å². The number of benzene rings is 1. The topological polar surface area (TPSA) is 64.2 Å². The standard InChI is InChI=1S/C15H12N2O3/c16-7-11-9-5-13-14(20-8-19-13)6-10(9)15(18)17-4-2-1-3-12(11)17/h5-6H,1-4,8H2. The molecule has 4 rings (SSSR count). The summed E-state index contributed by atoms with van der Waals surface area (Å²) in [6.07, 6.45) is 2.78. The monoisotopic (exact) mass is 268 g/mol. The second-order valence-electron chi connectivity index (χ2n) is 5.10. The minimum absolute atomic E-state index is 0.0352. The van der Waals surface area contributed by atoms with E-state index >= 15 is 0 Å². The van der Waals surface area contributed by atoms with E-state index < -0.39 is 0 Å². The van der Waals surface area contributed by atoms with Gasteiger partial charge in [-0.15, -0.1) is 0 Å². The molecular formula is C15H12N2O3. The van der Waals surface area contributed by atoms with Crippen molar-refractivity contribution in [1.29, 1.82) is 5.26 Å². The molecule has 5 heteroatoms. The molecule has 0 radical (unpaired) electrons. The molecule has 100 valence electrons. The molecule has 0 saturated heterocycles. The first-order valence-corrected chi connectivity index (χ1v) is 6.69. The predicted octanol–water partition coefficient (Wildman–Crippen LogP) is 1.94. The Kier molecular flexibility index (Phi) is 2.27. The Hall–Kier alpha value is -2.48. The van der Waals surface area contributed by atoms with Crippen LogP contribution < -0.4 is 15.0 Å². The van der Waals surface area contributed by atoms with Gasteiger partial charge in [0.25, 0.3) is 5.56 Å². The van der Waals surface area contributed by atoms with Crippen molar-refractivity contribution >= 4 is 10.8 Å². The van der Waals surface area contributed by atoms with Gasteiger partial charge < -0.3 is 14.0 Å². The second-order valence-corrected chi connectivity index (χ2v) is 5.10. The van der Waals surface area contributed by atoms with Crippen molar-refractivity contribution in [1.82, 2.24) is 4.57 Å². The van der Waals surface area contributed by atoms with E-state index in [2.05, 4.69) is 6.07 Å². The number of aromatic nitrogens is 1. The third kappa shape index (κ3) is 1.39. The lowest BCUT2D eigenvalue weighted by molar-refractivity contribution is 0.174. The minimum Gasteiger partial charge on any atom is -0.454 e. The van der Waals surface area contributed by atoms with Crippen LogP contribution in [0, 0.1) is 11.3 Å². The summed E-state index contributed by atoms with van der Waals surface area (Å²) in [7, 11) is 0. The van der Waals surface area contributed by atoms with Crippen molar-refractivity contribution in [2.45, 2.75) is 25.8 Å². The smallest absolute Gasteiger partial charge is 0.258 e. The molecule has 2 aliphatic rings. The van der Waals surface area contributed by atoms with Gasteiger partial charge in [0.2, 0.25) is 6.79 Å². The molecule has 0 N–H and O–H groups in total. The Morgan fingerprint density at radius 3 is 2.65 bits per heavy atom. The molecule has 2 aliphatic heterocycles. The Morgan fingerprint density at radius 2 is 1.90 bits per heavy atom. The van der Waals surface area contributed by atoms with Gasteiger partial charge in [-0.25, -0.2) is 0 Å². The van der Waals surface area contributed by atoms with Crippen LogP contribution in [0.5, 0.6) is 11.5 Å². The molecule has 1 aromatic heterocycles. The fourth-order valence-electron chi connectivity index (χ4n) is 3.07. The maximum Gasteiger partial charge on any atom is 0.258 e. The average Bonchev–Trinajstić information content (AvgIpc) is 2.94. The number of ether oxygens (including phenoxy) is 2. The van der Waals surface area contributed by atoms with Crippen LogP contribution in [-0.2, 0) is 13.0 Å². The highest BCUT2D eigenvalue weighted by molar-refractivity contribution is 5.91. The number of hydrogen-bond acceptors (Lipinski definition) is 4. The lowest BCUT2D eigenvalue weighted by atomic mass is 9.98. The molecule has 0 saturated carbocycles. The molecule has 0 atom stereocenters. The van der Waals surface area contributed by atoms with Crippen molar-refractivity contribution in [2.24, 2.45) is 0 Å². The first kappa shape index (κ1) is 11.4. The van der Waals surface area contributed by atoms with Crippen molar-refractivity contribution in [3.05, 3.63) is 33.7 Å². The van der Waals surface area contributed by atoms with Gasteiger partial charge in [0.1, 0.15) is 6.07 Å². The van der Waals surface area contributed by atoms with E-state index in [0.29, 0.717) is 34.4 Å². The van der Waals surface area contributed by atoms with Crippen LogP contribution in [0.4, 0.5) is 0 Å². The predicted molar refractivity (Wildman–Crippen MR) is 72.0 cm³/mol. The zero-order valence-electron chi connectivity index (χ0n) is 10.8. The van der Waals surface area contributed by atoms with Crippen LogP contribution in [0.2, 0.25) is 0 Å². The summed E-state index contributed by atoms with van der Waals surface area (Å²) in [6.45, 7) is 0.849. The van der Waals surface area contributed by atoms with E-state index in [1.54, 1.807) is 16.7 Å². The number of hydrogen-bond donors (Lipinski definition) is 0. The molecule has 0 amide bonds. The van der Waals surface area contributed by atoms with Crippen LogP contribution in [0.25, 0.3) is 10.8 Å². The maximum absolute atomic E-state index is 12.6. The van der Waals surface area contributed by atoms with Crippen molar-refractivity contribution in [3.8, 4) is 17.6 Å². The summed E-state index contributed by atoms with van der Waals surface area (Å²) >= 11 is 0. The third-order valence-corrected chi connectivity index (χ3v) is 4.03. The highest BCUT2D eigenvalue weighted by Crippen LogP contribution is 2.37. The SMILES string of the molecule is N#Cc1c2n(c(=O)c3cc4c(cc13)OCO4)CCCC2. The molecule has 5 nitrogen and oxygen atoms in total. The number of pyridine rings is 1. The molecule has 2 aromatic rings. The van der Waals surface area contributed by atoms with Crippen molar-refractivity contribution in [2.75, 3.05) is 6.79 Å². The number of fused-ring (bicyclic) bond motifs is 3. The van der Waals surface area contributed by atoms with Crippen molar-refractivity contribution < 1.29 is 9.47 Å². The van der Waals surface area contributed by atoms with Crippen LogP contribution in [0.15, 0.2) is 16.9 Å². The molecule has 0 spiro atoms. The zero-order chi connectivity index (χ0) is 13.7. The molecule has 20 heavy (non-hydrogen) atoms. The van der Waals surface area contributed by atoms with Gasteiger partial charge in [0, 0.05) is 17.6 Å². The van der Waals surface area contributed by atoms with Gasteiger partial charge in [0.15, 0.2) is 11.5 Å². The lowest BCUT2D eigenvalue weighted by Gasteiger charge is -2.20. The summed E-state index contributed by atoms with van der Waals surface area (Å²) in [6, 6.07) is 5.71. The largest absolute Gasteiger partial charge is 0.454 e. The summed E-state index contributed by atoms with van der Waals surface area (Å²) in [5.41, 5.74) is 1.42. The Bertz CT molecular complexity index is 830. The maximum atomic E-state index is 12.6. The Labute approximate surface area is 115 Å². The molecule has 0 aliphatic carbocycles. The van der Waals surface area contributed by atoms with Crippen LogP contribution >= 0.6 is 0 Å². The van der Waals surface area contributed by atoms with E-state index in [4.69, 9.17) is 9.47 Å². The fourth-order valence-corrected chi connectivity index (χ4v) is 3.07. The quantitative estimate of drug-likeness (QED) is 0.732. The molecular weight excluding hydrogens is 256 g/mol. The molecule has 0 fully saturated rings. The summed E-state index contributed by atoms with van der Waals surface area (Å²) < 4.78 is 12.4. The van der Waals surface area contributed by atoms with Crippen molar-refractivity contribution in [3.63, 3.8) is 0 Å². The van der Waals surface area contributed by atoms with E-state index in [1.807, 2.05) is 0 Å². The van der Waals surface area contributed by atoms with E-state index in [0.717, 1.165) is 25.0 Å². The Morgan fingerprint density at radius 1 is 1.15 bits per heavy atom. The Balaban J connectivity index is 2.17. The highest BCUT2D eigenvalue weighted by Gasteiger charge is 2.23. The second kappa shape index (κ2) is 4.01. The zero-order valence-corrected chi connectivity index (χ0v) is 10.8. The van der Waals surface area contributed by atoms with Gasteiger partial charge in [-0.1, -0.05) is 0 Å². The van der Waals surface area contributed by atoms with Gasteiger partial charge in [-0.05, 0) is 31.4 Å². The number of nitrogens with zero attached hydrogens (tertiary/aromatic N) is 2. The third-order valence-electron chi connectivity index (χ3n) is 4.03. The molecule has 1 aromatic carbocycles. The average molecular weight is 268 g/mol. The normalized spacial score (nSPS) is 15.9. The van der Waals surface area contributed by atoms with Gasteiger partial charge in [-0.3, -0.25) is 4.79 Å². The molecule has 0 unspecified atom stereocenters. The first-order chi connectivity index (χ1) is 9.79. The minimum atomic E-state index is -0.0352. The molecule has 3 heterocycles. The lowest BCUT2D eigenvalue weighted by Crippen LogP contribution is -2.28. The highest BCUT2D eigenvalue weighted by atomic mass is 16.7. The summed E-state index contributed by atoms with van der Waals surface area (Å²) in [4.78, 5) is 12.6. The van der Waals surface area contributed by atoms with E-state index in [1.165, 1.54) is 0 Å². The first-order valence-electron chi connectivity index (χ1n) is 6.69. The summed E-state index contributed by atoms with van der Waals surface area (Å²) in [5.74, 6) is 1.18. The van der Waals surface area contributed by atoms with E-state index in [9.17, 15) is 10.1 Å². The number of nitriles is 1.